The maximum atomic E-state index is 5.23. The molecule has 0 heterocycles. The van der Waals surface area contributed by atoms with Crippen molar-refractivity contribution in [1.29, 1.82) is 0 Å². The summed E-state index contributed by atoms with van der Waals surface area (Å²) in [4.78, 5) is 0. The van der Waals surface area contributed by atoms with E-state index in [-0.39, 0.29) is 0 Å². The van der Waals surface area contributed by atoms with E-state index in [0.29, 0.717) is 0 Å². The summed E-state index contributed by atoms with van der Waals surface area (Å²) in [6.45, 7) is 7.49. The first-order valence-corrected chi connectivity index (χ1v) is 10.4. The summed E-state index contributed by atoms with van der Waals surface area (Å²) in [5.74, 6) is 0. The van der Waals surface area contributed by atoms with Crippen molar-refractivity contribution in [3.8, 4) is 0 Å². The van der Waals surface area contributed by atoms with E-state index in [1.54, 1.807) is 6.08 Å². The van der Waals surface area contributed by atoms with Gasteiger partial charge in [0, 0.05) is 0 Å². The Labute approximate surface area is 174 Å². The van der Waals surface area contributed by atoms with Gasteiger partial charge in [-0.05, 0) is 12.8 Å². The highest BCUT2D eigenvalue weighted by molar-refractivity contribution is 5.22. The van der Waals surface area contributed by atoms with Crippen LogP contribution in [0.3, 0.4) is 0 Å². The molecule has 1 radical (unpaired) electrons. The zero-order valence-electron chi connectivity index (χ0n) is 17.5. The zero-order valence-corrected chi connectivity index (χ0v) is 17.5. The minimum absolute atomic E-state index is 1.19. The van der Waals surface area contributed by atoms with Crippen molar-refractivity contribution in [2.75, 3.05) is 0 Å². The van der Waals surface area contributed by atoms with Gasteiger partial charge in [-0.2, -0.15) is 0 Å². The van der Waals surface area contributed by atoms with Crippen molar-refractivity contribution in [2.24, 2.45) is 0 Å². The fourth-order valence-electron chi connectivity index (χ4n) is 2.24. The van der Waals surface area contributed by atoms with E-state index < -0.39 is 0 Å². The van der Waals surface area contributed by atoms with Gasteiger partial charge in [0.1, 0.15) is 0 Å². The van der Waals surface area contributed by atoms with Gasteiger partial charge in [0.2, 0.25) is 0 Å². The average Bonchev–Trinajstić information content (AvgIpc) is 2.71. The van der Waals surface area contributed by atoms with Crippen LogP contribution >= 0.6 is 0 Å². The van der Waals surface area contributed by atoms with E-state index in [1.807, 2.05) is 79.0 Å². The fourth-order valence-corrected chi connectivity index (χ4v) is 2.24. The second kappa shape index (κ2) is 24.4. The molecule has 0 aromatic rings. The first kappa shape index (κ1) is 25.4. The molecular formula is C28H37. The predicted octanol–water partition coefficient (Wildman–Crippen LogP) is 8.73. The van der Waals surface area contributed by atoms with Crippen molar-refractivity contribution in [1.82, 2.24) is 0 Å². The Morgan fingerprint density at radius 2 is 0.786 bits per heavy atom. The summed E-state index contributed by atoms with van der Waals surface area (Å²) < 4.78 is 0. The SMILES string of the molecule is [CH]=CC=CC=CC=CC=CC=CC=CC=CC=CC=CCCCCCCCC. The van der Waals surface area contributed by atoms with Gasteiger partial charge in [-0.25, -0.2) is 0 Å². The van der Waals surface area contributed by atoms with Crippen LogP contribution < -0.4 is 0 Å². The summed E-state index contributed by atoms with van der Waals surface area (Å²) in [5.41, 5.74) is 0. The van der Waals surface area contributed by atoms with E-state index in [9.17, 15) is 0 Å². The van der Waals surface area contributed by atoms with E-state index in [2.05, 4.69) is 31.2 Å². The average molecular weight is 374 g/mol. The summed E-state index contributed by atoms with van der Waals surface area (Å²) in [6.07, 6.45) is 47.0. The monoisotopic (exact) mass is 373 g/mol. The zero-order chi connectivity index (χ0) is 20.4. The molecule has 149 valence electrons. The van der Waals surface area contributed by atoms with E-state index in [1.165, 1.54) is 51.0 Å². The maximum absolute atomic E-state index is 5.23. The highest BCUT2D eigenvalue weighted by atomic mass is 13.9. The summed E-state index contributed by atoms with van der Waals surface area (Å²) >= 11 is 0. The third-order valence-electron chi connectivity index (χ3n) is 3.75. The Morgan fingerprint density at radius 3 is 1.21 bits per heavy atom. The molecule has 0 spiro atoms. The Hall–Kier alpha value is -2.60. The molecule has 0 rings (SSSR count). The van der Waals surface area contributed by atoms with Gasteiger partial charge in [0.25, 0.3) is 0 Å². The molecule has 0 aliphatic carbocycles. The molecule has 0 heteroatoms. The van der Waals surface area contributed by atoms with Crippen LogP contribution in [0.5, 0.6) is 0 Å². The molecular weight excluding hydrogens is 336 g/mol. The molecule has 0 aromatic carbocycles. The van der Waals surface area contributed by atoms with Gasteiger partial charge >= 0.3 is 0 Å². The van der Waals surface area contributed by atoms with Crippen molar-refractivity contribution in [2.45, 2.75) is 51.9 Å². The second-order valence-electron chi connectivity index (χ2n) is 6.26. The van der Waals surface area contributed by atoms with Gasteiger partial charge in [0.15, 0.2) is 0 Å². The van der Waals surface area contributed by atoms with Crippen LogP contribution in [0, 0.1) is 6.58 Å². The second-order valence-corrected chi connectivity index (χ2v) is 6.26. The van der Waals surface area contributed by atoms with Crippen molar-refractivity contribution in [3.63, 3.8) is 0 Å². The van der Waals surface area contributed by atoms with Gasteiger partial charge < -0.3 is 0 Å². The van der Waals surface area contributed by atoms with Crippen LogP contribution in [0.25, 0.3) is 0 Å². The molecule has 0 N–H and O–H groups in total. The van der Waals surface area contributed by atoms with Crippen molar-refractivity contribution < 1.29 is 0 Å². The quantitative estimate of drug-likeness (QED) is 0.187. The highest BCUT2D eigenvalue weighted by Gasteiger charge is 1.87. The lowest BCUT2D eigenvalue weighted by molar-refractivity contribution is 0.611. The molecule has 0 aliphatic heterocycles. The van der Waals surface area contributed by atoms with E-state index in [4.69, 9.17) is 6.58 Å². The number of hydrogen-bond acceptors (Lipinski definition) is 0. The molecule has 28 heavy (non-hydrogen) atoms. The first-order chi connectivity index (χ1) is 13.9. The molecule has 0 amide bonds. The highest BCUT2D eigenvalue weighted by Crippen LogP contribution is 2.07. The summed E-state index contributed by atoms with van der Waals surface area (Å²) in [6, 6.07) is 0. The lowest BCUT2D eigenvalue weighted by Gasteiger charge is -1.97. The molecule has 0 aromatic heterocycles. The Bertz CT molecular complexity index is 598. The van der Waals surface area contributed by atoms with Crippen LogP contribution in [0.4, 0.5) is 0 Å². The number of hydrogen-bond donors (Lipinski definition) is 0. The van der Waals surface area contributed by atoms with Crippen LogP contribution in [-0.2, 0) is 0 Å². The molecule has 0 fully saturated rings. The van der Waals surface area contributed by atoms with Crippen LogP contribution in [0.2, 0.25) is 0 Å². The van der Waals surface area contributed by atoms with Crippen LogP contribution in [0.1, 0.15) is 51.9 Å². The smallest absolute Gasteiger partial charge is 0.0348 e. The van der Waals surface area contributed by atoms with Crippen LogP contribution in [-0.4, -0.2) is 0 Å². The molecule has 0 unspecified atom stereocenters. The predicted molar refractivity (Wildman–Crippen MR) is 129 cm³/mol. The summed E-state index contributed by atoms with van der Waals surface area (Å²) in [7, 11) is 0. The topological polar surface area (TPSA) is 0 Å². The van der Waals surface area contributed by atoms with Gasteiger partial charge in [-0.1, -0.05) is 161 Å². The molecule has 0 atom stereocenters. The van der Waals surface area contributed by atoms with Crippen molar-refractivity contribution in [3.05, 3.63) is 122 Å². The Balaban J connectivity index is 3.73. The lowest BCUT2D eigenvalue weighted by Crippen LogP contribution is -1.77. The maximum Gasteiger partial charge on any atom is -0.0348 e. The van der Waals surface area contributed by atoms with Gasteiger partial charge in [-0.15, -0.1) is 0 Å². The largest absolute Gasteiger partial charge is 0.0845 e. The Kier molecular flexibility index (Phi) is 22.1. The minimum Gasteiger partial charge on any atom is -0.0845 e. The fraction of sp³-hybridized carbons (Fsp3) is 0.286. The van der Waals surface area contributed by atoms with Crippen LogP contribution in [0.15, 0.2) is 115 Å². The van der Waals surface area contributed by atoms with Gasteiger partial charge in [-0.3, -0.25) is 0 Å². The number of rotatable bonds is 16. The minimum atomic E-state index is 1.19. The molecule has 0 saturated heterocycles. The summed E-state index contributed by atoms with van der Waals surface area (Å²) in [5, 5.41) is 0. The first-order valence-electron chi connectivity index (χ1n) is 10.4. The van der Waals surface area contributed by atoms with E-state index >= 15 is 0 Å². The normalized spacial score (nSPS) is 13.8. The molecule has 0 nitrogen and oxygen atoms in total. The third kappa shape index (κ3) is 23.4. The molecule has 0 aliphatic rings. The lowest BCUT2D eigenvalue weighted by atomic mass is 10.1. The molecule has 0 saturated carbocycles. The number of unbranched alkanes of at least 4 members (excludes halogenated alkanes) is 6. The van der Waals surface area contributed by atoms with Gasteiger partial charge in [0.05, 0.1) is 0 Å². The third-order valence-corrected chi connectivity index (χ3v) is 3.75. The number of allylic oxidation sites excluding steroid dienone is 19. The standard InChI is InChI=1S/C28H37/c1-3-5-7-9-11-13-15-17-19-21-23-25-27-28-26-24-22-20-18-16-14-12-10-8-6-4-2/h1,3,5,7,9,11,13,15,17-28H,4,6,8,10,12,14,16H2,2H3. The molecule has 0 bridgehead atoms. The van der Waals surface area contributed by atoms with Crippen molar-refractivity contribution >= 4 is 0 Å². The Morgan fingerprint density at radius 1 is 0.429 bits per heavy atom. The van der Waals surface area contributed by atoms with E-state index in [0.717, 1.165) is 0 Å².